The summed E-state index contributed by atoms with van der Waals surface area (Å²) in [7, 11) is 0. The molecule has 0 aliphatic heterocycles. The number of pyridine rings is 1. The van der Waals surface area contributed by atoms with E-state index < -0.39 is 0 Å². The van der Waals surface area contributed by atoms with Gasteiger partial charge in [-0.1, -0.05) is 37.3 Å². The van der Waals surface area contributed by atoms with Crippen molar-refractivity contribution in [3.63, 3.8) is 0 Å². The molecule has 2 aromatic carbocycles. The minimum atomic E-state index is -0.0662. The van der Waals surface area contributed by atoms with Crippen LogP contribution in [0.2, 0.25) is 0 Å². The zero-order valence-electron chi connectivity index (χ0n) is 15.2. The molecule has 0 saturated heterocycles. The number of fused-ring (bicyclic) bond motifs is 1. The highest BCUT2D eigenvalue weighted by Crippen LogP contribution is 2.19. The molecule has 0 radical (unpaired) electrons. The van der Waals surface area contributed by atoms with Gasteiger partial charge in [0.25, 0.3) is 0 Å². The van der Waals surface area contributed by atoms with E-state index in [0.717, 1.165) is 28.9 Å². The second kappa shape index (κ2) is 7.50. The standard InChI is InChI=1S/C22H21N3O2/c1-2-15-24-20-9-6-14-23-21(20)25(22(24)26)18-10-12-19(13-11-18)27-16-17-7-4-3-5-8-17/h3-14H,2,15-16H2,1H3. The van der Waals surface area contributed by atoms with Crippen LogP contribution in [0, 0.1) is 0 Å². The Balaban J connectivity index is 1.64. The maximum absolute atomic E-state index is 12.9. The number of benzene rings is 2. The van der Waals surface area contributed by atoms with E-state index in [1.165, 1.54) is 0 Å². The highest BCUT2D eigenvalue weighted by molar-refractivity contribution is 5.73. The van der Waals surface area contributed by atoms with Crippen molar-refractivity contribution in [3.8, 4) is 11.4 Å². The summed E-state index contributed by atoms with van der Waals surface area (Å²) in [4.78, 5) is 17.4. The zero-order chi connectivity index (χ0) is 18.6. The summed E-state index contributed by atoms with van der Waals surface area (Å²) >= 11 is 0. The van der Waals surface area contributed by atoms with E-state index in [0.29, 0.717) is 18.8 Å². The van der Waals surface area contributed by atoms with Crippen molar-refractivity contribution in [1.29, 1.82) is 0 Å². The minimum Gasteiger partial charge on any atom is -0.489 e. The summed E-state index contributed by atoms with van der Waals surface area (Å²) in [6.07, 6.45) is 2.60. The molecule has 0 bridgehead atoms. The smallest absolute Gasteiger partial charge is 0.334 e. The molecule has 4 aromatic rings. The quantitative estimate of drug-likeness (QED) is 0.519. The van der Waals surface area contributed by atoms with Gasteiger partial charge in [0.15, 0.2) is 5.65 Å². The molecular formula is C22H21N3O2. The van der Waals surface area contributed by atoms with Crippen LogP contribution in [-0.4, -0.2) is 14.1 Å². The molecule has 0 unspecified atom stereocenters. The first kappa shape index (κ1) is 17.1. The van der Waals surface area contributed by atoms with Crippen LogP contribution in [0.5, 0.6) is 5.75 Å². The van der Waals surface area contributed by atoms with Crippen molar-refractivity contribution in [2.75, 3.05) is 0 Å². The Morgan fingerprint density at radius 3 is 2.48 bits per heavy atom. The van der Waals surface area contributed by atoms with Crippen LogP contribution in [-0.2, 0) is 13.2 Å². The SMILES string of the molecule is CCCn1c(=O)n(-c2ccc(OCc3ccccc3)cc2)c2ncccc21. The molecule has 0 spiro atoms. The Morgan fingerprint density at radius 2 is 1.74 bits per heavy atom. The molecule has 0 aliphatic rings. The van der Waals surface area contributed by atoms with E-state index in [9.17, 15) is 4.79 Å². The van der Waals surface area contributed by atoms with E-state index in [-0.39, 0.29) is 5.69 Å². The van der Waals surface area contributed by atoms with Gasteiger partial charge >= 0.3 is 5.69 Å². The normalized spacial score (nSPS) is 11.0. The molecule has 0 amide bonds. The molecular weight excluding hydrogens is 338 g/mol. The highest BCUT2D eigenvalue weighted by Gasteiger charge is 2.14. The molecule has 2 heterocycles. The van der Waals surface area contributed by atoms with Gasteiger partial charge in [-0.15, -0.1) is 0 Å². The van der Waals surface area contributed by atoms with E-state index in [1.54, 1.807) is 15.3 Å². The monoisotopic (exact) mass is 359 g/mol. The van der Waals surface area contributed by atoms with Crippen molar-refractivity contribution < 1.29 is 4.74 Å². The predicted molar refractivity (Wildman–Crippen MR) is 106 cm³/mol. The van der Waals surface area contributed by atoms with E-state index in [2.05, 4.69) is 11.9 Å². The Morgan fingerprint density at radius 1 is 0.963 bits per heavy atom. The van der Waals surface area contributed by atoms with Crippen LogP contribution in [0.15, 0.2) is 77.7 Å². The zero-order valence-corrected chi connectivity index (χ0v) is 15.2. The molecule has 4 rings (SSSR count). The lowest BCUT2D eigenvalue weighted by Gasteiger charge is -2.08. The van der Waals surface area contributed by atoms with Crippen LogP contribution in [0.3, 0.4) is 0 Å². The molecule has 27 heavy (non-hydrogen) atoms. The fraction of sp³-hybridized carbons (Fsp3) is 0.182. The fourth-order valence-electron chi connectivity index (χ4n) is 3.19. The average molecular weight is 359 g/mol. The molecule has 0 N–H and O–H groups in total. The van der Waals surface area contributed by atoms with Crippen molar-refractivity contribution in [3.05, 3.63) is 89.0 Å². The van der Waals surface area contributed by atoms with Gasteiger partial charge in [-0.2, -0.15) is 0 Å². The topological polar surface area (TPSA) is 49.0 Å². The summed E-state index contributed by atoms with van der Waals surface area (Å²) in [5, 5.41) is 0. The van der Waals surface area contributed by atoms with E-state index in [1.807, 2.05) is 66.7 Å². The lowest BCUT2D eigenvalue weighted by Crippen LogP contribution is -2.23. The fourth-order valence-corrected chi connectivity index (χ4v) is 3.19. The number of aryl methyl sites for hydroxylation is 1. The van der Waals surface area contributed by atoms with Crippen LogP contribution in [0.25, 0.3) is 16.9 Å². The molecule has 5 nitrogen and oxygen atoms in total. The van der Waals surface area contributed by atoms with Gasteiger partial charge in [-0.05, 0) is 48.4 Å². The number of hydrogen-bond donors (Lipinski definition) is 0. The second-order valence-corrected chi connectivity index (χ2v) is 6.38. The number of nitrogens with zero attached hydrogens (tertiary/aromatic N) is 3. The van der Waals surface area contributed by atoms with Crippen LogP contribution < -0.4 is 10.4 Å². The minimum absolute atomic E-state index is 0.0662. The Hall–Kier alpha value is -3.34. The number of ether oxygens (including phenoxy) is 1. The van der Waals surface area contributed by atoms with Crippen LogP contribution >= 0.6 is 0 Å². The van der Waals surface area contributed by atoms with Gasteiger partial charge in [0.1, 0.15) is 12.4 Å². The molecule has 0 atom stereocenters. The van der Waals surface area contributed by atoms with Crippen LogP contribution in [0.1, 0.15) is 18.9 Å². The summed E-state index contributed by atoms with van der Waals surface area (Å²) in [6, 6.07) is 21.4. The van der Waals surface area contributed by atoms with Gasteiger partial charge in [0.05, 0.1) is 11.2 Å². The van der Waals surface area contributed by atoms with Gasteiger partial charge in [-0.25, -0.2) is 14.3 Å². The molecule has 5 heteroatoms. The summed E-state index contributed by atoms with van der Waals surface area (Å²) in [6.45, 7) is 3.24. The van der Waals surface area contributed by atoms with Crippen molar-refractivity contribution in [1.82, 2.24) is 14.1 Å². The maximum atomic E-state index is 12.9. The van der Waals surface area contributed by atoms with E-state index in [4.69, 9.17) is 4.74 Å². The van der Waals surface area contributed by atoms with Gasteiger partial charge in [-0.3, -0.25) is 4.57 Å². The lowest BCUT2D eigenvalue weighted by atomic mass is 10.2. The molecule has 136 valence electrons. The van der Waals surface area contributed by atoms with Gasteiger partial charge in [0, 0.05) is 12.7 Å². The Bertz CT molecular complexity index is 1100. The summed E-state index contributed by atoms with van der Waals surface area (Å²) in [5.74, 6) is 0.765. The third-order valence-corrected chi connectivity index (χ3v) is 4.48. The van der Waals surface area contributed by atoms with Gasteiger partial charge in [0.2, 0.25) is 0 Å². The van der Waals surface area contributed by atoms with E-state index >= 15 is 0 Å². The number of imidazole rings is 1. The molecule has 0 aliphatic carbocycles. The van der Waals surface area contributed by atoms with Crippen molar-refractivity contribution in [2.24, 2.45) is 0 Å². The summed E-state index contributed by atoms with van der Waals surface area (Å²) in [5.41, 5.74) is 3.36. The predicted octanol–water partition coefficient (Wildman–Crippen LogP) is 4.18. The van der Waals surface area contributed by atoms with Crippen molar-refractivity contribution >= 4 is 11.2 Å². The second-order valence-electron chi connectivity index (χ2n) is 6.38. The Labute approximate surface area is 157 Å². The molecule has 2 aromatic heterocycles. The first-order chi connectivity index (χ1) is 13.3. The Kier molecular flexibility index (Phi) is 4.75. The lowest BCUT2D eigenvalue weighted by molar-refractivity contribution is 0.306. The third-order valence-electron chi connectivity index (χ3n) is 4.48. The molecule has 0 fully saturated rings. The van der Waals surface area contributed by atoms with Gasteiger partial charge < -0.3 is 4.74 Å². The number of hydrogen-bond acceptors (Lipinski definition) is 3. The number of rotatable bonds is 6. The number of aromatic nitrogens is 3. The summed E-state index contributed by atoms with van der Waals surface area (Å²) < 4.78 is 9.27. The molecule has 0 saturated carbocycles. The van der Waals surface area contributed by atoms with Crippen LogP contribution in [0.4, 0.5) is 0 Å². The van der Waals surface area contributed by atoms with Crippen molar-refractivity contribution in [2.45, 2.75) is 26.5 Å². The average Bonchev–Trinajstić information content (AvgIpc) is 3.00. The first-order valence-electron chi connectivity index (χ1n) is 9.11. The highest BCUT2D eigenvalue weighted by atomic mass is 16.5. The third kappa shape index (κ3) is 3.36. The first-order valence-corrected chi connectivity index (χ1v) is 9.11. The largest absolute Gasteiger partial charge is 0.489 e. The maximum Gasteiger partial charge on any atom is 0.334 e.